The number of ether oxygens (including phenoxy) is 1. The first kappa shape index (κ1) is 25.6. The number of rotatable bonds is 4. The summed E-state index contributed by atoms with van der Waals surface area (Å²) in [5.41, 5.74) is 0.840. The molecule has 7 nitrogen and oxygen atoms in total. The number of nitrogens with zero attached hydrogens (tertiary/aromatic N) is 2. The molecule has 0 aromatic heterocycles. The molecule has 2 aliphatic rings. The van der Waals surface area contributed by atoms with Crippen LogP contribution >= 0.6 is 0 Å². The molecule has 1 aromatic rings. The number of halogens is 3. The Kier molecular flexibility index (Phi) is 8.87. The van der Waals surface area contributed by atoms with Crippen LogP contribution < -0.4 is 0 Å². The summed E-state index contributed by atoms with van der Waals surface area (Å²) in [6.07, 6.45) is -4.19. The van der Waals surface area contributed by atoms with Crippen molar-refractivity contribution in [2.45, 2.75) is 44.3 Å². The van der Waals surface area contributed by atoms with E-state index in [1.807, 2.05) is 30.3 Å². The number of carbonyl (C=O) groups is 1. The van der Waals surface area contributed by atoms with Gasteiger partial charge in [-0.1, -0.05) is 30.3 Å². The van der Waals surface area contributed by atoms with E-state index in [2.05, 4.69) is 18.7 Å². The van der Waals surface area contributed by atoms with Crippen LogP contribution in [0.15, 0.2) is 30.3 Å². The Balaban J connectivity index is 0.000000423. The number of benzene rings is 1. The number of carboxylic acids is 1. The summed E-state index contributed by atoms with van der Waals surface area (Å²) in [4.78, 5) is 11.3. The standard InChI is InChI=1S/C18H28N2O3S.C2HF3O2/c1-15(2)19-10-11-23-18-13-20(9-8-17(18)12-19)24(21,22)14-16-6-4-3-5-7-16;3-2(4,5)1(6)7/h3-7,15,17-18H,8-14H2,1-2H3;(H,6,7)/t17-,18-;/m1./s1. The van der Waals surface area contributed by atoms with Crippen LogP contribution in [0.25, 0.3) is 0 Å². The molecule has 2 fully saturated rings. The number of hydrogen-bond donors (Lipinski definition) is 1. The van der Waals surface area contributed by atoms with Gasteiger partial charge in [-0.2, -0.15) is 17.5 Å². The normalized spacial score (nSPS) is 23.4. The first-order valence-electron chi connectivity index (χ1n) is 10.1. The molecule has 2 saturated heterocycles. The predicted molar refractivity (Wildman–Crippen MR) is 109 cm³/mol. The summed E-state index contributed by atoms with van der Waals surface area (Å²) in [6.45, 7) is 8.14. The number of sulfonamides is 1. The van der Waals surface area contributed by atoms with Crippen molar-refractivity contribution in [2.75, 3.05) is 32.8 Å². The zero-order valence-electron chi connectivity index (χ0n) is 17.6. The minimum Gasteiger partial charge on any atom is -0.475 e. The monoisotopic (exact) mass is 466 g/mol. The van der Waals surface area contributed by atoms with Crippen molar-refractivity contribution in [3.63, 3.8) is 0 Å². The quantitative estimate of drug-likeness (QED) is 0.734. The lowest BCUT2D eigenvalue weighted by molar-refractivity contribution is -0.192. The average Bonchev–Trinajstić information content (AvgIpc) is 2.90. The maximum atomic E-state index is 12.7. The predicted octanol–water partition coefficient (Wildman–Crippen LogP) is 2.58. The fourth-order valence-corrected chi connectivity index (χ4v) is 5.20. The van der Waals surface area contributed by atoms with Crippen molar-refractivity contribution >= 4 is 16.0 Å². The zero-order valence-corrected chi connectivity index (χ0v) is 18.4. The molecule has 0 unspecified atom stereocenters. The lowest BCUT2D eigenvalue weighted by Gasteiger charge is -2.37. The van der Waals surface area contributed by atoms with Crippen molar-refractivity contribution in [1.29, 1.82) is 0 Å². The van der Waals surface area contributed by atoms with Crippen molar-refractivity contribution in [1.82, 2.24) is 9.21 Å². The van der Waals surface area contributed by atoms with Crippen molar-refractivity contribution in [3.8, 4) is 0 Å². The highest BCUT2D eigenvalue weighted by molar-refractivity contribution is 7.88. The molecular weight excluding hydrogens is 437 g/mol. The number of hydrogen-bond acceptors (Lipinski definition) is 5. The Morgan fingerprint density at radius 3 is 2.35 bits per heavy atom. The number of aliphatic carboxylic acids is 1. The maximum Gasteiger partial charge on any atom is 0.490 e. The Hall–Kier alpha value is -1.69. The van der Waals surface area contributed by atoms with Gasteiger partial charge in [0.1, 0.15) is 0 Å². The lowest BCUT2D eigenvalue weighted by atomic mass is 9.94. The van der Waals surface area contributed by atoms with Gasteiger partial charge in [-0.25, -0.2) is 13.2 Å². The van der Waals surface area contributed by atoms with Gasteiger partial charge in [-0.15, -0.1) is 0 Å². The maximum absolute atomic E-state index is 12.7. The second-order valence-electron chi connectivity index (χ2n) is 7.95. The first-order chi connectivity index (χ1) is 14.4. The van der Waals surface area contributed by atoms with Gasteiger partial charge >= 0.3 is 12.1 Å². The molecular formula is C20H29F3N2O5S. The second-order valence-corrected chi connectivity index (χ2v) is 9.92. The third-order valence-corrected chi connectivity index (χ3v) is 7.21. The molecule has 0 spiro atoms. The van der Waals surface area contributed by atoms with E-state index in [0.717, 1.165) is 25.1 Å². The van der Waals surface area contributed by atoms with E-state index in [0.29, 0.717) is 31.7 Å². The fourth-order valence-electron chi connectivity index (χ4n) is 3.65. The Bertz CT molecular complexity index is 818. The molecule has 176 valence electrons. The van der Waals surface area contributed by atoms with Crippen LogP contribution in [0, 0.1) is 5.92 Å². The minimum atomic E-state index is -5.08. The molecule has 0 amide bonds. The topological polar surface area (TPSA) is 87.2 Å². The third kappa shape index (κ3) is 7.74. The fraction of sp³-hybridized carbons (Fsp3) is 0.650. The van der Waals surface area contributed by atoms with Crippen molar-refractivity contribution in [2.24, 2.45) is 5.92 Å². The average molecular weight is 467 g/mol. The Morgan fingerprint density at radius 2 is 1.81 bits per heavy atom. The lowest BCUT2D eigenvalue weighted by Crippen LogP contribution is -2.49. The molecule has 3 rings (SSSR count). The van der Waals surface area contributed by atoms with E-state index in [9.17, 15) is 21.6 Å². The van der Waals surface area contributed by atoms with Gasteiger partial charge < -0.3 is 9.84 Å². The Labute approximate surface area is 180 Å². The van der Waals surface area contributed by atoms with E-state index in [1.54, 1.807) is 4.31 Å². The zero-order chi connectivity index (χ0) is 23.2. The molecule has 2 atom stereocenters. The number of piperidine rings is 1. The molecule has 2 heterocycles. The largest absolute Gasteiger partial charge is 0.490 e. The summed E-state index contributed by atoms with van der Waals surface area (Å²) in [5, 5.41) is 7.12. The smallest absolute Gasteiger partial charge is 0.475 e. The molecule has 0 aliphatic carbocycles. The molecule has 11 heteroatoms. The number of fused-ring (bicyclic) bond motifs is 1. The number of alkyl halides is 3. The Morgan fingerprint density at radius 1 is 1.19 bits per heavy atom. The molecule has 0 radical (unpaired) electrons. The molecule has 31 heavy (non-hydrogen) atoms. The SMILES string of the molecule is CC(C)N1CCO[C@@H]2CN(S(=O)(=O)Cc3ccccc3)CC[C@@H]2C1.O=C(O)C(F)(F)F. The van der Waals surface area contributed by atoms with Gasteiger partial charge in [-0.05, 0) is 25.8 Å². The summed E-state index contributed by atoms with van der Waals surface area (Å²) in [5.74, 6) is -2.26. The van der Waals surface area contributed by atoms with Crippen LogP contribution in [0.5, 0.6) is 0 Å². The molecule has 2 aliphatic heterocycles. The van der Waals surface area contributed by atoms with Crippen LogP contribution in [0.3, 0.4) is 0 Å². The molecule has 1 aromatic carbocycles. The highest BCUT2D eigenvalue weighted by atomic mass is 32.2. The van der Waals surface area contributed by atoms with Crippen LogP contribution in [0.1, 0.15) is 25.8 Å². The van der Waals surface area contributed by atoms with Crippen molar-refractivity contribution in [3.05, 3.63) is 35.9 Å². The third-order valence-electron chi connectivity index (χ3n) is 5.40. The summed E-state index contributed by atoms with van der Waals surface area (Å²) in [6, 6.07) is 9.91. The summed E-state index contributed by atoms with van der Waals surface area (Å²) in [7, 11) is -3.29. The summed E-state index contributed by atoms with van der Waals surface area (Å²) >= 11 is 0. The first-order valence-corrected chi connectivity index (χ1v) is 11.7. The van der Waals surface area contributed by atoms with Crippen LogP contribution in [-0.2, 0) is 25.3 Å². The molecule has 1 N–H and O–H groups in total. The minimum absolute atomic E-state index is 0.0213. The number of carboxylic acid groups (broad SMARTS) is 1. The van der Waals surface area contributed by atoms with Gasteiger partial charge in [0.2, 0.25) is 10.0 Å². The van der Waals surface area contributed by atoms with Gasteiger partial charge in [0.15, 0.2) is 0 Å². The van der Waals surface area contributed by atoms with E-state index < -0.39 is 22.2 Å². The van der Waals surface area contributed by atoms with Crippen LogP contribution in [0.4, 0.5) is 13.2 Å². The molecule has 0 bridgehead atoms. The van der Waals surface area contributed by atoms with E-state index in [4.69, 9.17) is 14.6 Å². The van der Waals surface area contributed by atoms with E-state index >= 15 is 0 Å². The van der Waals surface area contributed by atoms with Gasteiger partial charge in [0, 0.05) is 38.1 Å². The van der Waals surface area contributed by atoms with E-state index in [-0.39, 0.29) is 11.9 Å². The van der Waals surface area contributed by atoms with E-state index in [1.165, 1.54) is 0 Å². The highest BCUT2D eigenvalue weighted by Gasteiger charge is 2.39. The van der Waals surface area contributed by atoms with Gasteiger partial charge in [-0.3, -0.25) is 4.90 Å². The summed E-state index contributed by atoms with van der Waals surface area (Å²) < 4.78 is 64.9. The second kappa shape index (κ2) is 10.8. The highest BCUT2D eigenvalue weighted by Crippen LogP contribution is 2.27. The van der Waals surface area contributed by atoms with Gasteiger partial charge in [0.25, 0.3) is 0 Å². The van der Waals surface area contributed by atoms with Gasteiger partial charge in [0.05, 0.1) is 18.5 Å². The van der Waals surface area contributed by atoms with Crippen LogP contribution in [-0.4, -0.2) is 79.8 Å². The molecule has 0 saturated carbocycles. The van der Waals surface area contributed by atoms with Crippen molar-refractivity contribution < 1.29 is 36.2 Å². The van der Waals surface area contributed by atoms with Crippen LogP contribution in [0.2, 0.25) is 0 Å².